The molecule has 0 aliphatic carbocycles. The molecule has 1 aliphatic rings. The number of methoxy groups -OCH3 is 2. The minimum Gasteiger partial charge on any atom is -0.496 e. The molecular formula is C27H31BrN2O2. The first-order valence-electron chi connectivity index (χ1n) is 11.0. The summed E-state index contributed by atoms with van der Waals surface area (Å²) < 4.78 is 12.1. The zero-order valence-electron chi connectivity index (χ0n) is 19.0. The van der Waals surface area contributed by atoms with Gasteiger partial charge in [-0.25, -0.2) is 0 Å². The highest BCUT2D eigenvalue weighted by Crippen LogP contribution is 2.36. The minimum absolute atomic E-state index is 0.315. The van der Waals surface area contributed by atoms with Crippen LogP contribution in [0.4, 0.5) is 0 Å². The van der Waals surface area contributed by atoms with Gasteiger partial charge in [-0.2, -0.15) is 0 Å². The molecule has 0 spiro atoms. The van der Waals surface area contributed by atoms with Gasteiger partial charge >= 0.3 is 0 Å². The fraction of sp³-hybridized carbons (Fsp3) is 0.333. The van der Waals surface area contributed by atoms with Gasteiger partial charge in [-0.15, -0.1) is 0 Å². The predicted octanol–water partition coefficient (Wildman–Crippen LogP) is 5.41. The van der Waals surface area contributed by atoms with Crippen molar-refractivity contribution in [3.63, 3.8) is 0 Å². The van der Waals surface area contributed by atoms with E-state index in [2.05, 4.69) is 99.5 Å². The first-order chi connectivity index (χ1) is 15.6. The van der Waals surface area contributed by atoms with Gasteiger partial charge in [0.15, 0.2) is 0 Å². The van der Waals surface area contributed by atoms with E-state index in [1.165, 1.54) is 16.7 Å². The Hall–Kier alpha value is -2.34. The highest BCUT2D eigenvalue weighted by Gasteiger charge is 2.33. The van der Waals surface area contributed by atoms with Crippen LogP contribution >= 0.6 is 15.9 Å². The van der Waals surface area contributed by atoms with Crippen molar-refractivity contribution in [2.75, 3.05) is 40.9 Å². The summed E-state index contributed by atoms with van der Waals surface area (Å²) in [5.41, 5.74) is 3.89. The first kappa shape index (κ1) is 22.8. The molecule has 1 atom stereocenters. The summed E-state index contributed by atoms with van der Waals surface area (Å²) in [4.78, 5) is 5.06. The first-order valence-corrected chi connectivity index (χ1v) is 11.8. The summed E-state index contributed by atoms with van der Waals surface area (Å²) in [6, 6.07) is 26.3. The second-order valence-corrected chi connectivity index (χ2v) is 9.24. The van der Waals surface area contributed by atoms with Gasteiger partial charge in [0.05, 0.1) is 18.7 Å². The minimum atomic E-state index is 0.315. The van der Waals surface area contributed by atoms with E-state index < -0.39 is 0 Å². The van der Waals surface area contributed by atoms with Crippen molar-refractivity contribution >= 4 is 15.9 Å². The summed E-state index contributed by atoms with van der Waals surface area (Å²) in [6.45, 7) is 3.88. The van der Waals surface area contributed by atoms with Gasteiger partial charge in [0.25, 0.3) is 0 Å². The van der Waals surface area contributed by atoms with E-state index in [1.54, 1.807) is 14.2 Å². The number of likely N-dealkylation sites (N-methyl/N-ethyl adjacent to an activating group) is 1. The van der Waals surface area contributed by atoms with Crippen LogP contribution in [0.15, 0.2) is 77.3 Å². The number of halogens is 1. The van der Waals surface area contributed by atoms with Crippen molar-refractivity contribution in [1.29, 1.82) is 0 Å². The largest absolute Gasteiger partial charge is 0.496 e. The third-order valence-electron chi connectivity index (χ3n) is 6.43. The SMILES string of the molecule is COc1cc(OC)c(CN2CCN(C)C(C(c3ccccc3)c3ccccc3)C2)cc1Br. The fourth-order valence-electron chi connectivity index (χ4n) is 4.71. The summed E-state index contributed by atoms with van der Waals surface area (Å²) >= 11 is 3.63. The molecule has 0 N–H and O–H groups in total. The van der Waals surface area contributed by atoms with Gasteiger partial charge in [0.1, 0.15) is 11.5 Å². The number of hydrogen-bond acceptors (Lipinski definition) is 4. The van der Waals surface area contributed by atoms with Gasteiger partial charge < -0.3 is 9.47 Å². The Balaban J connectivity index is 1.62. The molecule has 1 aliphatic heterocycles. The Morgan fingerprint density at radius 3 is 2.03 bits per heavy atom. The molecule has 3 aromatic rings. The average molecular weight is 495 g/mol. The maximum absolute atomic E-state index is 5.68. The highest BCUT2D eigenvalue weighted by molar-refractivity contribution is 9.10. The molecule has 1 heterocycles. The fourth-order valence-corrected chi connectivity index (χ4v) is 5.26. The smallest absolute Gasteiger partial charge is 0.136 e. The van der Waals surface area contributed by atoms with Crippen LogP contribution in [-0.4, -0.2) is 56.7 Å². The molecule has 168 valence electrons. The van der Waals surface area contributed by atoms with Crippen LogP contribution in [0.1, 0.15) is 22.6 Å². The summed E-state index contributed by atoms with van der Waals surface area (Å²) in [5.74, 6) is 1.97. The monoisotopic (exact) mass is 494 g/mol. The van der Waals surface area contributed by atoms with Crippen molar-refractivity contribution in [3.8, 4) is 11.5 Å². The number of benzene rings is 3. The maximum Gasteiger partial charge on any atom is 0.136 e. The van der Waals surface area contributed by atoms with Crippen LogP contribution in [-0.2, 0) is 6.54 Å². The molecule has 1 unspecified atom stereocenters. The number of ether oxygens (including phenoxy) is 2. The quantitative estimate of drug-likeness (QED) is 0.438. The van der Waals surface area contributed by atoms with Crippen LogP contribution in [0.3, 0.4) is 0 Å². The summed E-state index contributed by atoms with van der Waals surface area (Å²) in [5, 5.41) is 0. The molecular weight excluding hydrogens is 464 g/mol. The molecule has 0 aromatic heterocycles. The second-order valence-electron chi connectivity index (χ2n) is 8.38. The predicted molar refractivity (Wildman–Crippen MR) is 134 cm³/mol. The van der Waals surface area contributed by atoms with Crippen molar-refractivity contribution in [3.05, 3.63) is 94.0 Å². The topological polar surface area (TPSA) is 24.9 Å². The molecule has 3 aromatic carbocycles. The lowest BCUT2D eigenvalue weighted by Crippen LogP contribution is -2.53. The Morgan fingerprint density at radius 2 is 1.47 bits per heavy atom. The molecule has 5 heteroatoms. The van der Waals surface area contributed by atoms with Crippen LogP contribution in [0.25, 0.3) is 0 Å². The Bertz CT molecular complexity index is 973. The molecule has 0 saturated carbocycles. The third kappa shape index (κ3) is 5.01. The average Bonchev–Trinajstić information content (AvgIpc) is 2.83. The van der Waals surface area contributed by atoms with Crippen LogP contribution in [0.2, 0.25) is 0 Å². The van der Waals surface area contributed by atoms with Crippen molar-refractivity contribution in [2.24, 2.45) is 0 Å². The maximum atomic E-state index is 5.68. The molecule has 4 nitrogen and oxygen atoms in total. The molecule has 0 radical (unpaired) electrons. The Morgan fingerprint density at radius 1 is 0.875 bits per heavy atom. The zero-order chi connectivity index (χ0) is 22.5. The van der Waals surface area contributed by atoms with Crippen LogP contribution in [0.5, 0.6) is 11.5 Å². The highest BCUT2D eigenvalue weighted by atomic mass is 79.9. The van der Waals surface area contributed by atoms with Crippen molar-refractivity contribution in [2.45, 2.75) is 18.5 Å². The van der Waals surface area contributed by atoms with E-state index in [0.29, 0.717) is 12.0 Å². The van der Waals surface area contributed by atoms with Gasteiger partial charge in [-0.05, 0) is 40.2 Å². The lowest BCUT2D eigenvalue weighted by molar-refractivity contribution is 0.0810. The number of hydrogen-bond donors (Lipinski definition) is 0. The lowest BCUT2D eigenvalue weighted by atomic mass is 9.83. The second kappa shape index (κ2) is 10.5. The number of rotatable bonds is 7. The Labute approximate surface area is 199 Å². The summed E-state index contributed by atoms with van der Waals surface area (Å²) in [7, 11) is 5.66. The van der Waals surface area contributed by atoms with E-state index in [-0.39, 0.29) is 0 Å². The number of piperazine rings is 1. The lowest BCUT2D eigenvalue weighted by Gasteiger charge is -2.43. The van der Waals surface area contributed by atoms with Crippen molar-refractivity contribution in [1.82, 2.24) is 9.80 Å². The zero-order valence-corrected chi connectivity index (χ0v) is 20.6. The van der Waals surface area contributed by atoms with Crippen LogP contribution in [0, 0.1) is 0 Å². The molecule has 32 heavy (non-hydrogen) atoms. The van der Waals surface area contributed by atoms with E-state index in [9.17, 15) is 0 Å². The van der Waals surface area contributed by atoms with Crippen molar-refractivity contribution < 1.29 is 9.47 Å². The van der Waals surface area contributed by atoms with Crippen LogP contribution < -0.4 is 9.47 Å². The van der Waals surface area contributed by atoms with E-state index in [1.807, 2.05) is 6.07 Å². The standard InChI is InChI=1S/C27H31BrN2O2/c1-29-14-15-30(18-22-16-23(28)26(32-3)17-25(22)31-2)19-24(29)27(20-10-6-4-7-11-20)21-12-8-5-9-13-21/h4-13,16-17,24,27H,14-15,18-19H2,1-3H3. The molecule has 1 saturated heterocycles. The van der Waals surface area contributed by atoms with Gasteiger partial charge in [-0.3, -0.25) is 9.80 Å². The number of nitrogens with zero attached hydrogens (tertiary/aromatic N) is 2. The van der Waals surface area contributed by atoms with Gasteiger partial charge in [-0.1, -0.05) is 60.7 Å². The van der Waals surface area contributed by atoms with E-state index in [4.69, 9.17) is 9.47 Å². The molecule has 4 rings (SSSR count). The van der Waals surface area contributed by atoms with E-state index >= 15 is 0 Å². The van der Waals surface area contributed by atoms with Gasteiger partial charge in [0.2, 0.25) is 0 Å². The Kier molecular flexibility index (Phi) is 7.51. The molecule has 1 fully saturated rings. The van der Waals surface area contributed by atoms with E-state index in [0.717, 1.165) is 42.2 Å². The molecule has 0 amide bonds. The molecule has 0 bridgehead atoms. The summed E-state index contributed by atoms with van der Waals surface area (Å²) in [6.07, 6.45) is 0. The normalized spacial score (nSPS) is 17.5. The van der Waals surface area contributed by atoms with Gasteiger partial charge in [0, 0.05) is 49.8 Å². The third-order valence-corrected chi connectivity index (χ3v) is 7.05.